The van der Waals surface area contributed by atoms with Crippen molar-refractivity contribution in [3.8, 4) is 0 Å². The average molecular weight is 190 g/mol. The van der Waals surface area contributed by atoms with Crippen molar-refractivity contribution < 1.29 is 13.2 Å². The van der Waals surface area contributed by atoms with Crippen LogP contribution in [0.15, 0.2) is 0 Å². The highest BCUT2D eigenvalue weighted by atomic mass is 32.2. The van der Waals surface area contributed by atoms with E-state index in [1.165, 1.54) is 0 Å². The number of rotatable bonds is 2. The van der Waals surface area contributed by atoms with Gasteiger partial charge in [0.1, 0.15) is 6.29 Å². The Balaban J connectivity index is 2.97. The molecule has 0 saturated carbocycles. The highest BCUT2D eigenvalue weighted by Crippen LogP contribution is 2.33. The first-order chi connectivity index (χ1) is 5.40. The molecule has 0 spiro atoms. The Morgan fingerprint density at radius 3 is 2.33 bits per heavy atom. The van der Waals surface area contributed by atoms with E-state index in [2.05, 4.69) is 0 Å². The third-order valence-electron chi connectivity index (χ3n) is 2.46. The van der Waals surface area contributed by atoms with Crippen LogP contribution in [0.5, 0.6) is 0 Å². The van der Waals surface area contributed by atoms with Crippen LogP contribution in [-0.2, 0) is 14.6 Å². The fraction of sp³-hybridized carbons (Fsp3) is 0.875. The topological polar surface area (TPSA) is 51.2 Å². The fourth-order valence-corrected chi connectivity index (χ4v) is 4.06. The number of carbonyl (C=O) groups excluding carboxylic acids is 1. The lowest BCUT2D eigenvalue weighted by molar-refractivity contribution is -0.114. The van der Waals surface area contributed by atoms with Gasteiger partial charge in [0.25, 0.3) is 0 Å². The Morgan fingerprint density at radius 2 is 2.00 bits per heavy atom. The highest BCUT2D eigenvalue weighted by Gasteiger charge is 2.42. The Hall–Kier alpha value is -0.380. The molecule has 1 aliphatic heterocycles. The molecule has 0 aliphatic carbocycles. The number of carbonyl (C=O) groups is 1. The van der Waals surface area contributed by atoms with E-state index in [0.717, 1.165) is 6.29 Å². The van der Waals surface area contributed by atoms with E-state index in [1.54, 1.807) is 13.8 Å². The van der Waals surface area contributed by atoms with Gasteiger partial charge in [-0.25, -0.2) is 8.42 Å². The summed E-state index contributed by atoms with van der Waals surface area (Å²) in [6, 6.07) is 0. The summed E-state index contributed by atoms with van der Waals surface area (Å²) in [7, 11) is -2.99. The van der Waals surface area contributed by atoms with E-state index in [4.69, 9.17) is 0 Å². The van der Waals surface area contributed by atoms with E-state index in [9.17, 15) is 13.2 Å². The van der Waals surface area contributed by atoms with Crippen molar-refractivity contribution in [2.75, 3.05) is 5.75 Å². The molecule has 70 valence electrons. The summed E-state index contributed by atoms with van der Waals surface area (Å²) < 4.78 is 22.8. The van der Waals surface area contributed by atoms with Crippen molar-refractivity contribution in [1.29, 1.82) is 0 Å². The monoisotopic (exact) mass is 190 g/mol. The lowest BCUT2D eigenvalue weighted by Crippen LogP contribution is -2.34. The zero-order valence-corrected chi connectivity index (χ0v) is 8.23. The normalized spacial score (nSPS) is 28.7. The van der Waals surface area contributed by atoms with Crippen LogP contribution in [0, 0.1) is 5.41 Å². The molecule has 1 rings (SSSR count). The van der Waals surface area contributed by atoms with Gasteiger partial charge >= 0.3 is 0 Å². The smallest absolute Gasteiger partial charge is 0.154 e. The third-order valence-corrected chi connectivity index (χ3v) is 5.03. The number of sulfone groups is 1. The lowest BCUT2D eigenvalue weighted by atomic mass is 9.89. The van der Waals surface area contributed by atoms with Gasteiger partial charge < -0.3 is 4.79 Å². The lowest BCUT2D eigenvalue weighted by Gasteiger charge is -2.23. The van der Waals surface area contributed by atoms with E-state index in [-0.39, 0.29) is 5.75 Å². The molecule has 1 unspecified atom stereocenters. The summed E-state index contributed by atoms with van der Waals surface area (Å²) >= 11 is 0. The summed E-state index contributed by atoms with van der Waals surface area (Å²) in [5.41, 5.74) is -0.713. The minimum atomic E-state index is -2.99. The van der Waals surface area contributed by atoms with Crippen molar-refractivity contribution in [2.24, 2.45) is 5.41 Å². The van der Waals surface area contributed by atoms with Crippen LogP contribution in [0.3, 0.4) is 0 Å². The molecule has 1 atom stereocenters. The number of hydrogen-bond donors (Lipinski definition) is 0. The summed E-state index contributed by atoms with van der Waals surface area (Å²) in [6.07, 6.45) is 2.08. The predicted molar refractivity (Wildman–Crippen MR) is 46.7 cm³/mol. The number of aldehydes is 1. The second-order valence-corrected chi connectivity index (χ2v) is 6.24. The van der Waals surface area contributed by atoms with Crippen LogP contribution >= 0.6 is 0 Å². The SMILES string of the molecule is CC(C)(C=O)C1CCCS1(=O)=O. The molecule has 0 amide bonds. The maximum Gasteiger partial charge on any atom is 0.154 e. The van der Waals surface area contributed by atoms with Crippen LogP contribution in [0.1, 0.15) is 26.7 Å². The summed E-state index contributed by atoms with van der Waals surface area (Å²) in [5, 5.41) is -0.456. The minimum Gasteiger partial charge on any atom is -0.303 e. The van der Waals surface area contributed by atoms with Gasteiger partial charge in [0.2, 0.25) is 0 Å². The van der Waals surface area contributed by atoms with Gasteiger partial charge in [-0.15, -0.1) is 0 Å². The Bertz CT molecular complexity index is 277. The van der Waals surface area contributed by atoms with Crippen molar-refractivity contribution in [2.45, 2.75) is 31.9 Å². The van der Waals surface area contributed by atoms with E-state index in [1.807, 2.05) is 0 Å². The quantitative estimate of drug-likeness (QED) is 0.605. The zero-order valence-electron chi connectivity index (χ0n) is 7.41. The molecule has 0 radical (unpaired) electrons. The van der Waals surface area contributed by atoms with Crippen LogP contribution in [0.4, 0.5) is 0 Å². The standard InChI is InChI=1S/C8H14O3S/c1-8(2,6-9)7-4-3-5-12(7,10)11/h6-7H,3-5H2,1-2H3. The first kappa shape index (κ1) is 9.71. The molecule has 1 aliphatic rings. The predicted octanol–water partition coefficient (Wildman–Crippen LogP) is 0.789. The molecule has 3 nitrogen and oxygen atoms in total. The van der Waals surface area contributed by atoms with Crippen molar-refractivity contribution in [3.05, 3.63) is 0 Å². The van der Waals surface area contributed by atoms with Crippen molar-refractivity contribution in [1.82, 2.24) is 0 Å². The van der Waals surface area contributed by atoms with Gasteiger partial charge in [-0.2, -0.15) is 0 Å². The number of hydrogen-bond acceptors (Lipinski definition) is 3. The maximum atomic E-state index is 11.4. The van der Waals surface area contributed by atoms with Crippen LogP contribution in [-0.4, -0.2) is 25.7 Å². The minimum absolute atomic E-state index is 0.245. The van der Waals surface area contributed by atoms with Crippen molar-refractivity contribution >= 4 is 16.1 Å². The molecule has 12 heavy (non-hydrogen) atoms. The second kappa shape index (κ2) is 2.83. The van der Waals surface area contributed by atoms with Crippen LogP contribution < -0.4 is 0 Å². The fourth-order valence-electron chi connectivity index (χ4n) is 1.70. The summed E-state index contributed by atoms with van der Waals surface area (Å²) in [4.78, 5) is 10.6. The van der Waals surface area contributed by atoms with Gasteiger partial charge in [0, 0.05) is 5.41 Å². The second-order valence-electron chi connectivity index (χ2n) is 3.94. The Morgan fingerprint density at radius 1 is 1.42 bits per heavy atom. The molecule has 1 saturated heterocycles. The Labute approximate surface area is 73.1 Å². The molecule has 0 aromatic heterocycles. The molecule has 1 heterocycles. The highest BCUT2D eigenvalue weighted by molar-refractivity contribution is 7.92. The molecule has 4 heteroatoms. The van der Waals surface area contributed by atoms with E-state index < -0.39 is 20.5 Å². The van der Waals surface area contributed by atoms with Gasteiger partial charge in [0.15, 0.2) is 9.84 Å². The van der Waals surface area contributed by atoms with Crippen LogP contribution in [0.2, 0.25) is 0 Å². The van der Waals surface area contributed by atoms with E-state index in [0.29, 0.717) is 12.8 Å². The Kier molecular flexibility index (Phi) is 2.29. The summed E-state index contributed by atoms with van der Waals surface area (Å²) in [5.74, 6) is 0.245. The average Bonchev–Trinajstić information content (AvgIpc) is 2.30. The van der Waals surface area contributed by atoms with Gasteiger partial charge in [-0.3, -0.25) is 0 Å². The van der Waals surface area contributed by atoms with Gasteiger partial charge in [0.05, 0.1) is 11.0 Å². The first-order valence-electron chi connectivity index (χ1n) is 4.08. The largest absolute Gasteiger partial charge is 0.303 e. The molecule has 0 aromatic carbocycles. The van der Waals surface area contributed by atoms with Gasteiger partial charge in [-0.1, -0.05) is 13.8 Å². The molecule has 0 aromatic rings. The molecular weight excluding hydrogens is 176 g/mol. The van der Waals surface area contributed by atoms with Crippen molar-refractivity contribution in [3.63, 3.8) is 0 Å². The third kappa shape index (κ3) is 1.53. The van der Waals surface area contributed by atoms with Crippen LogP contribution in [0.25, 0.3) is 0 Å². The summed E-state index contributed by atoms with van der Waals surface area (Å²) in [6.45, 7) is 3.38. The molecular formula is C8H14O3S. The zero-order chi connectivity index (χ0) is 9.41. The molecule has 0 N–H and O–H groups in total. The van der Waals surface area contributed by atoms with E-state index >= 15 is 0 Å². The van der Waals surface area contributed by atoms with Gasteiger partial charge in [-0.05, 0) is 12.8 Å². The molecule has 0 bridgehead atoms. The maximum absolute atomic E-state index is 11.4. The first-order valence-corrected chi connectivity index (χ1v) is 5.79. The molecule has 1 fully saturated rings.